The number of Topliss-reactive ketones (excluding diaryl/α,β-unsaturated/α-hetero) is 2. The summed E-state index contributed by atoms with van der Waals surface area (Å²) in [5, 5.41) is 4.23. The first kappa shape index (κ1) is 27.3. The Morgan fingerprint density at radius 1 is 0.947 bits per heavy atom. The predicted molar refractivity (Wildman–Crippen MR) is 157 cm³/mol. The molecule has 2 aromatic carbocycles. The highest BCUT2D eigenvalue weighted by Gasteiger charge is 2.46. The summed E-state index contributed by atoms with van der Waals surface area (Å²) in [5.74, 6) is 0.990. The molecule has 1 N–H and O–H groups in total. The lowest BCUT2D eigenvalue weighted by Gasteiger charge is -2.44. The first-order chi connectivity index (χ1) is 17.9. The normalized spacial score (nSPS) is 20.6. The molecule has 2 aromatic rings. The van der Waals surface area contributed by atoms with Crippen molar-refractivity contribution in [2.75, 3.05) is 7.11 Å². The Morgan fingerprint density at radius 2 is 1.55 bits per heavy atom. The van der Waals surface area contributed by atoms with Crippen LogP contribution in [0.25, 0.3) is 0 Å². The van der Waals surface area contributed by atoms with E-state index in [2.05, 4.69) is 55.6 Å². The van der Waals surface area contributed by atoms with E-state index < -0.39 is 5.92 Å². The molecule has 38 heavy (non-hydrogen) atoms. The summed E-state index contributed by atoms with van der Waals surface area (Å²) in [5.41, 5.74) is 4.92. The molecule has 7 heteroatoms. The van der Waals surface area contributed by atoms with Crippen LogP contribution in [0.5, 0.6) is 11.5 Å². The van der Waals surface area contributed by atoms with Gasteiger partial charge in [-0.3, -0.25) is 9.59 Å². The summed E-state index contributed by atoms with van der Waals surface area (Å²) in [6.07, 6.45) is 2.46. The molecule has 0 aromatic heterocycles. The van der Waals surface area contributed by atoms with E-state index in [-0.39, 0.29) is 22.4 Å². The highest BCUT2D eigenvalue weighted by atomic mass is 127. The smallest absolute Gasteiger partial charge is 0.174 e. The Morgan fingerprint density at radius 3 is 2.11 bits per heavy atom. The third-order valence-electron chi connectivity index (χ3n) is 7.58. The number of hydrogen-bond donors (Lipinski definition) is 1. The quantitative estimate of drug-likeness (QED) is 0.341. The Hall–Kier alpha value is -2.32. The van der Waals surface area contributed by atoms with Crippen molar-refractivity contribution < 1.29 is 19.1 Å². The Bertz CT molecular complexity index is 1350. The standard InChI is InChI=1S/C31H33ClINO4/c1-30(2)12-21-27(23(35)14-30)26(28-22(34-21)13-31(3,4)15-24(28)36)18-10-20(33)29(25(11-18)37-5)38-16-17-7-6-8-19(32)9-17/h6-11,26,34H,12-16H2,1-5H3. The Kier molecular flexibility index (Phi) is 7.18. The number of allylic oxidation sites excluding steroid dienone is 4. The lowest BCUT2D eigenvalue weighted by Crippen LogP contribution is -2.42. The van der Waals surface area contributed by atoms with Gasteiger partial charge in [-0.15, -0.1) is 0 Å². The van der Waals surface area contributed by atoms with Crippen molar-refractivity contribution >= 4 is 45.8 Å². The molecule has 0 unspecified atom stereocenters. The number of ether oxygens (including phenoxy) is 2. The lowest BCUT2D eigenvalue weighted by atomic mass is 9.64. The van der Waals surface area contributed by atoms with E-state index >= 15 is 0 Å². The molecule has 0 atom stereocenters. The molecule has 1 aliphatic heterocycles. The summed E-state index contributed by atoms with van der Waals surface area (Å²) in [4.78, 5) is 27.3. The number of carbonyl (C=O) groups excluding carboxylic acids is 2. The number of halogens is 2. The summed E-state index contributed by atoms with van der Waals surface area (Å²) in [6, 6.07) is 11.5. The van der Waals surface area contributed by atoms with Crippen molar-refractivity contribution in [1.29, 1.82) is 0 Å². The number of dihydropyridines is 1. The second kappa shape index (κ2) is 10.0. The van der Waals surface area contributed by atoms with Crippen LogP contribution in [0.2, 0.25) is 5.02 Å². The van der Waals surface area contributed by atoms with Crippen LogP contribution in [0.3, 0.4) is 0 Å². The second-order valence-electron chi connectivity index (χ2n) is 12.2. The van der Waals surface area contributed by atoms with Crippen molar-refractivity contribution in [3.05, 3.63) is 78.7 Å². The lowest BCUT2D eigenvalue weighted by molar-refractivity contribution is -0.119. The maximum absolute atomic E-state index is 13.6. The molecular weight excluding hydrogens is 613 g/mol. The van der Waals surface area contributed by atoms with E-state index in [1.165, 1.54) is 0 Å². The van der Waals surface area contributed by atoms with E-state index in [9.17, 15) is 9.59 Å². The van der Waals surface area contributed by atoms with Crippen LogP contribution >= 0.6 is 34.2 Å². The van der Waals surface area contributed by atoms with Gasteiger partial charge < -0.3 is 14.8 Å². The maximum atomic E-state index is 13.6. The van der Waals surface area contributed by atoms with Crippen LogP contribution in [-0.4, -0.2) is 18.7 Å². The molecule has 0 fully saturated rings. The molecule has 0 spiro atoms. The van der Waals surface area contributed by atoms with Gasteiger partial charge in [0, 0.05) is 46.3 Å². The van der Waals surface area contributed by atoms with Gasteiger partial charge >= 0.3 is 0 Å². The molecule has 0 radical (unpaired) electrons. The van der Waals surface area contributed by atoms with Gasteiger partial charge in [0.2, 0.25) is 0 Å². The summed E-state index contributed by atoms with van der Waals surface area (Å²) in [6.45, 7) is 8.85. The van der Waals surface area contributed by atoms with Crippen molar-refractivity contribution in [2.45, 2.75) is 65.9 Å². The minimum absolute atomic E-state index is 0.105. The van der Waals surface area contributed by atoms with Gasteiger partial charge in [-0.05, 0) is 81.7 Å². The summed E-state index contributed by atoms with van der Waals surface area (Å²) < 4.78 is 12.8. The third-order valence-corrected chi connectivity index (χ3v) is 8.61. The van der Waals surface area contributed by atoms with Crippen LogP contribution < -0.4 is 14.8 Å². The number of benzene rings is 2. The maximum Gasteiger partial charge on any atom is 0.174 e. The fourth-order valence-corrected chi connectivity index (χ4v) is 7.04. The zero-order chi connectivity index (χ0) is 27.4. The number of carbonyl (C=O) groups is 2. The minimum Gasteiger partial charge on any atom is -0.493 e. The molecule has 0 saturated heterocycles. The zero-order valence-electron chi connectivity index (χ0n) is 22.5. The summed E-state index contributed by atoms with van der Waals surface area (Å²) >= 11 is 8.39. The number of methoxy groups -OCH3 is 1. The first-order valence-electron chi connectivity index (χ1n) is 12.9. The number of ketones is 2. The topological polar surface area (TPSA) is 64.6 Å². The van der Waals surface area contributed by atoms with Gasteiger partial charge in [0.1, 0.15) is 6.61 Å². The number of nitrogens with one attached hydrogen (secondary N) is 1. The van der Waals surface area contributed by atoms with Crippen LogP contribution in [0, 0.1) is 14.4 Å². The van der Waals surface area contributed by atoms with Crippen LogP contribution in [0.4, 0.5) is 0 Å². The van der Waals surface area contributed by atoms with Crippen molar-refractivity contribution in [1.82, 2.24) is 5.32 Å². The zero-order valence-corrected chi connectivity index (χ0v) is 25.4. The molecule has 5 nitrogen and oxygen atoms in total. The fourth-order valence-electron chi connectivity index (χ4n) is 6.05. The molecule has 0 saturated carbocycles. The Labute approximate surface area is 243 Å². The Balaban J connectivity index is 1.60. The van der Waals surface area contributed by atoms with E-state index in [1.54, 1.807) is 7.11 Å². The van der Waals surface area contributed by atoms with Gasteiger partial charge in [0.05, 0.1) is 10.7 Å². The predicted octanol–water partition coefficient (Wildman–Crippen LogP) is 7.51. The van der Waals surface area contributed by atoms with Crippen LogP contribution in [-0.2, 0) is 16.2 Å². The molecule has 5 rings (SSSR count). The van der Waals surface area contributed by atoms with Gasteiger partial charge in [0.15, 0.2) is 23.1 Å². The van der Waals surface area contributed by atoms with E-state index in [0.717, 1.165) is 50.1 Å². The largest absolute Gasteiger partial charge is 0.493 e. The molecule has 3 aliphatic rings. The first-order valence-corrected chi connectivity index (χ1v) is 14.4. The molecule has 0 bridgehead atoms. The van der Waals surface area contributed by atoms with Crippen molar-refractivity contribution in [3.63, 3.8) is 0 Å². The third kappa shape index (κ3) is 5.26. The fraction of sp³-hybridized carbons (Fsp3) is 0.419. The average molecular weight is 646 g/mol. The minimum atomic E-state index is -0.419. The van der Waals surface area contributed by atoms with Gasteiger partial charge in [-0.2, -0.15) is 0 Å². The SMILES string of the molecule is COc1cc(C2C3=C(CC(C)(C)CC3=O)NC3=C2C(=O)CC(C)(C)C3)cc(I)c1OCc1cccc(Cl)c1. The highest BCUT2D eigenvalue weighted by molar-refractivity contribution is 14.1. The van der Waals surface area contributed by atoms with Gasteiger partial charge in [0.25, 0.3) is 0 Å². The number of rotatable bonds is 5. The second-order valence-corrected chi connectivity index (χ2v) is 13.8. The van der Waals surface area contributed by atoms with E-state index in [0.29, 0.717) is 36.0 Å². The summed E-state index contributed by atoms with van der Waals surface area (Å²) in [7, 11) is 1.61. The average Bonchev–Trinajstić information content (AvgIpc) is 2.80. The van der Waals surface area contributed by atoms with Crippen molar-refractivity contribution in [3.8, 4) is 11.5 Å². The van der Waals surface area contributed by atoms with E-state index in [4.69, 9.17) is 21.1 Å². The highest BCUT2D eigenvalue weighted by Crippen LogP contribution is 2.52. The van der Waals surface area contributed by atoms with Gasteiger partial charge in [-0.25, -0.2) is 0 Å². The van der Waals surface area contributed by atoms with Crippen LogP contribution in [0.15, 0.2) is 58.9 Å². The number of hydrogen-bond acceptors (Lipinski definition) is 5. The molecule has 0 amide bonds. The molecular formula is C31H33ClINO4. The molecule has 1 heterocycles. The van der Waals surface area contributed by atoms with Crippen molar-refractivity contribution in [2.24, 2.45) is 10.8 Å². The van der Waals surface area contributed by atoms with Crippen LogP contribution in [0.1, 0.15) is 70.4 Å². The molecule has 200 valence electrons. The molecule has 2 aliphatic carbocycles. The van der Waals surface area contributed by atoms with E-state index in [1.807, 2.05) is 36.4 Å². The monoisotopic (exact) mass is 645 g/mol. The van der Waals surface area contributed by atoms with Gasteiger partial charge in [-0.1, -0.05) is 51.4 Å².